The normalized spacial score (nSPS) is 20.1. The van der Waals surface area contributed by atoms with Crippen LogP contribution in [0.25, 0.3) is 0 Å². The molecule has 4 rings (SSSR count). The van der Waals surface area contributed by atoms with Gasteiger partial charge in [0.1, 0.15) is 11.6 Å². The van der Waals surface area contributed by atoms with E-state index in [1.54, 1.807) is 7.11 Å². The van der Waals surface area contributed by atoms with Crippen molar-refractivity contribution in [2.45, 2.75) is 51.6 Å². The first kappa shape index (κ1) is 24.9. The van der Waals surface area contributed by atoms with Crippen molar-refractivity contribution >= 4 is 5.95 Å². The first-order valence-electron chi connectivity index (χ1n) is 12.7. The van der Waals surface area contributed by atoms with Gasteiger partial charge in [0.15, 0.2) is 0 Å². The van der Waals surface area contributed by atoms with Gasteiger partial charge in [0.05, 0.1) is 7.11 Å². The number of piperazine rings is 1. The second kappa shape index (κ2) is 11.1. The Hall–Kier alpha value is -2.16. The Morgan fingerprint density at radius 2 is 1.74 bits per heavy atom. The van der Waals surface area contributed by atoms with Gasteiger partial charge in [0.25, 0.3) is 0 Å². The van der Waals surface area contributed by atoms with Crippen LogP contribution in [-0.4, -0.2) is 95.2 Å². The quantitative estimate of drug-likeness (QED) is 0.603. The smallest absolute Gasteiger partial charge is 0.227 e. The van der Waals surface area contributed by atoms with Crippen molar-refractivity contribution in [3.05, 3.63) is 35.7 Å². The largest absolute Gasteiger partial charge is 0.497 e. The molecular weight excluding hydrogens is 428 g/mol. The van der Waals surface area contributed by atoms with E-state index in [0.29, 0.717) is 5.92 Å². The Bertz CT molecular complexity index is 905. The minimum atomic E-state index is 0.192. The van der Waals surface area contributed by atoms with Crippen LogP contribution in [0.4, 0.5) is 5.95 Å². The van der Waals surface area contributed by atoms with Crippen molar-refractivity contribution in [1.82, 2.24) is 24.6 Å². The third-order valence-electron chi connectivity index (χ3n) is 7.80. The number of anilines is 1. The third-order valence-corrected chi connectivity index (χ3v) is 7.80. The fourth-order valence-electron chi connectivity index (χ4n) is 5.11. The molecule has 1 N–H and O–H groups in total. The number of likely N-dealkylation sites (N-methyl/N-ethyl adjacent to an activating group) is 1. The zero-order chi connectivity index (χ0) is 24.1. The number of ether oxygens (including phenoxy) is 1. The van der Waals surface area contributed by atoms with Crippen LogP contribution in [0.1, 0.15) is 38.1 Å². The van der Waals surface area contributed by atoms with Crippen LogP contribution in [0.3, 0.4) is 0 Å². The molecule has 1 aromatic heterocycles. The van der Waals surface area contributed by atoms with Gasteiger partial charge in [-0.3, -0.25) is 14.4 Å². The van der Waals surface area contributed by atoms with Crippen molar-refractivity contribution < 1.29 is 9.84 Å². The number of methoxy groups -OCH3 is 1. The standard InChI is InChI=1S/C26H42N6O2/c1-26(2)20-30(16-15-29(26)3)17-18-32-24(10-7-21-5-8-23(34-4)9-6-21)27-28-25(32)31-13-11-22(19-33)12-14-31/h5-6,8-9,22,33H,7,10-20H2,1-4H3. The molecule has 0 saturated carbocycles. The first-order valence-corrected chi connectivity index (χ1v) is 12.7. The molecule has 0 radical (unpaired) electrons. The van der Waals surface area contributed by atoms with Gasteiger partial charge >= 0.3 is 0 Å². The van der Waals surface area contributed by atoms with E-state index in [9.17, 15) is 5.11 Å². The lowest BCUT2D eigenvalue weighted by Gasteiger charge is -2.45. The van der Waals surface area contributed by atoms with Crippen molar-refractivity contribution in [2.75, 3.05) is 64.9 Å². The van der Waals surface area contributed by atoms with E-state index >= 15 is 0 Å². The van der Waals surface area contributed by atoms with Gasteiger partial charge in [-0.05, 0) is 63.8 Å². The molecule has 2 fully saturated rings. The maximum absolute atomic E-state index is 9.54. The Kier molecular flexibility index (Phi) is 8.11. The maximum Gasteiger partial charge on any atom is 0.227 e. The summed E-state index contributed by atoms with van der Waals surface area (Å²) in [5.74, 6) is 3.35. The molecule has 0 spiro atoms. The van der Waals surface area contributed by atoms with Crippen molar-refractivity contribution in [2.24, 2.45) is 5.92 Å². The van der Waals surface area contributed by atoms with Crippen LogP contribution in [0.2, 0.25) is 0 Å². The Morgan fingerprint density at radius 1 is 1.00 bits per heavy atom. The molecule has 0 amide bonds. The lowest BCUT2D eigenvalue weighted by atomic mass is 9.98. The zero-order valence-corrected chi connectivity index (χ0v) is 21.4. The summed E-state index contributed by atoms with van der Waals surface area (Å²) >= 11 is 0. The SMILES string of the molecule is COc1ccc(CCc2nnc(N3CCC(CO)CC3)n2CCN2CCN(C)C(C)(C)C2)cc1. The average molecular weight is 471 g/mol. The molecule has 0 unspecified atom stereocenters. The number of aromatic nitrogens is 3. The lowest BCUT2D eigenvalue weighted by Crippen LogP contribution is -2.57. The number of aryl methyl sites for hydroxylation is 2. The zero-order valence-electron chi connectivity index (χ0n) is 21.4. The van der Waals surface area contributed by atoms with Crippen molar-refractivity contribution in [3.63, 3.8) is 0 Å². The van der Waals surface area contributed by atoms with E-state index in [1.165, 1.54) is 5.56 Å². The van der Waals surface area contributed by atoms with Gasteiger partial charge in [-0.1, -0.05) is 12.1 Å². The van der Waals surface area contributed by atoms with Crippen LogP contribution in [0.15, 0.2) is 24.3 Å². The van der Waals surface area contributed by atoms with Crippen molar-refractivity contribution in [1.29, 1.82) is 0 Å². The third kappa shape index (κ3) is 5.90. The summed E-state index contributed by atoms with van der Waals surface area (Å²) in [6.07, 6.45) is 3.81. The molecule has 1 aromatic carbocycles. The fraction of sp³-hybridized carbons (Fsp3) is 0.692. The number of aliphatic hydroxyl groups is 1. The molecule has 0 aliphatic carbocycles. The molecular formula is C26H42N6O2. The minimum Gasteiger partial charge on any atom is -0.497 e. The number of benzene rings is 1. The first-order chi connectivity index (χ1) is 16.4. The van der Waals surface area contributed by atoms with Gasteiger partial charge < -0.3 is 14.7 Å². The number of hydrogen-bond acceptors (Lipinski definition) is 7. The Labute approximate surface area is 204 Å². The molecule has 8 nitrogen and oxygen atoms in total. The molecule has 188 valence electrons. The summed E-state index contributed by atoms with van der Waals surface area (Å²) in [6.45, 7) is 12.0. The fourth-order valence-corrected chi connectivity index (χ4v) is 5.11. The Morgan fingerprint density at radius 3 is 2.38 bits per heavy atom. The molecule has 34 heavy (non-hydrogen) atoms. The molecule has 8 heteroatoms. The van der Waals surface area contributed by atoms with E-state index in [2.05, 4.69) is 62.5 Å². The van der Waals surface area contributed by atoms with E-state index < -0.39 is 0 Å². The van der Waals surface area contributed by atoms with E-state index in [1.807, 2.05) is 12.1 Å². The van der Waals surface area contributed by atoms with Gasteiger partial charge in [0.2, 0.25) is 5.95 Å². The lowest BCUT2D eigenvalue weighted by molar-refractivity contribution is 0.0383. The molecule has 0 bridgehead atoms. The highest BCUT2D eigenvalue weighted by atomic mass is 16.5. The molecule has 2 saturated heterocycles. The molecule has 0 atom stereocenters. The number of hydrogen-bond donors (Lipinski definition) is 1. The highest BCUT2D eigenvalue weighted by Crippen LogP contribution is 2.24. The molecule has 2 aliphatic heterocycles. The number of rotatable bonds is 9. The van der Waals surface area contributed by atoms with Gasteiger partial charge in [-0.2, -0.15) is 0 Å². The Balaban J connectivity index is 1.47. The van der Waals surface area contributed by atoms with Gasteiger partial charge in [-0.15, -0.1) is 10.2 Å². The topological polar surface area (TPSA) is 69.9 Å². The number of piperidine rings is 1. The van der Waals surface area contributed by atoms with E-state index in [4.69, 9.17) is 4.74 Å². The van der Waals surface area contributed by atoms with Crippen LogP contribution in [-0.2, 0) is 19.4 Å². The number of aliphatic hydroxyl groups excluding tert-OH is 1. The second-order valence-corrected chi connectivity index (χ2v) is 10.5. The van der Waals surface area contributed by atoms with Gasteiger partial charge in [-0.25, -0.2) is 0 Å². The van der Waals surface area contributed by atoms with Crippen LogP contribution in [0, 0.1) is 5.92 Å². The second-order valence-electron chi connectivity index (χ2n) is 10.5. The predicted molar refractivity (Wildman–Crippen MR) is 136 cm³/mol. The van der Waals surface area contributed by atoms with Crippen LogP contribution < -0.4 is 9.64 Å². The summed E-state index contributed by atoms with van der Waals surface area (Å²) in [7, 11) is 3.92. The summed E-state index contributed by atoms with van der Waals surface area (Å²) < 4.78 is 7.65. The van der Waals surface area contributed by atoms with E-state index in [0.717, 1.165) is 89.0 Å². The summed E-state index contributed by atoms with van der Waals surface area (Å²) in [5, 5.41) is 18.9. The molecule has 2 aliphatic rings. The average Bonchev–Trinajstić information content (AvgIpc) is 3.26. The maximum atomic E-state index is 9.54. The summed E-state index contributed by atoms with van der Waals surface area (Å²) in [4.78, 5) is 7.40. The highest BCUT2D eigenvalue weighted by molar-refractivity contribution is 5.33. The molecule has 3 heterocycles. The van der Waals surface area contributed by atoms with Gasteiger partial charge in [0, 0.05) is 64.4 Å². The van der Waals surface area contributed by atoms with Crippen LogP contribution in [0.5, 0.6) is 5.75 Å². The monoisotopic (exact) mass is 470 g/mol. The van der Waals surface area contributed by atoms with Crippen molar-refractivity contribution in [3.8, 4) is 5.75 Å². The summed E-state index contributed by atoms with van der Waals surface area (Å²) in [5.41, 5.74) is 1.47. The summed E-state index contributed by atoms with van der Waals surface area (Å²) in [6, 6.07) is 8.30. The highest BCUT2D eigenvalue weighted by Gasteiger charge is 2.31. The predicted octanol–water partition coefficient (Wildman–Crippen LogP) is 2.31. The minimum absolute atomic E-state index is 0.192. The van der Waals surface area contributed by atoms with Crippen LogP contribution >= 0.6 is 0 Å². The molecule has 2 aromatic rings. The van der Waals surface area contributed by atoms with E-state index in [-0.39, 0.29) is 12.1 Å². The number of nitrogens with zero attached hydrogens (tertiary/aromatic N) is 6.